The number of amides is 1. The fraction of sp³-hybridized carbons (Fsp3) is 0.857. The number of carbonyl (C=O) groups is 2. The quantitative estimate of drug-likeness (QED) is 0.802. The summed E-state index contributed by atoms with van der Waals surface area (Å²) in [6.07, 6.45) is 0.747. The van der Waals surface area contributed by atoms with Crippen LogP contribution in [0.15, 0.2) is 0 Å². The number of nitrogens with zero attached hydrogens (tertiary/aromatic N) is 1. The van der Waals surface area contributed by atoms with Crippen molar-refractivity contribution in [1.82, 2.24) is 4.90 Å². The molecule has 0 aromatic carbocycles. The average Bonchev–Trinajstić information content (AvgIpc) is 2.34. The molecule has 20 heavy (non-hydrogen) atoms. The summed E-state index contributed by atoms with van der Waals surface area (Å²) in [5.41, 5.74) is 5.80. The van der Waals surface area contributed by atoms with Gasteiger partial charge in [0.15, 0.2) is 0 Å². The van der Waals surface area contributed by atoms with E-state index in [0.717, 1.165) is 12.2 Å². The molecule has 0 saturated carbocycles. The summed E-state index contributed by atoms with van der Waals surface area (Å²) in [6, 6.07) is -0.201. The fourth-order valence-electron chi connectivity index (χ4n) is 2.56. The third-order valence-corrected chi connectivity index (χ3v) is 4.51. The van der Waals surface area contributed by atoms with E-state index >= 15 is 0 Å². The predicted molar refractivity (Wildman–Crippen MR) is 81.7 cm³/mol. The molecule has 0 aliphatic carbocycles. The molecule has 1 heterocycles. The van der Waals surface area contributed by atoms with Crippen molar-refractivity contribution in [3.63, 3.8) is 0 Å². The molecule has 6 heteroatoms. The topological polar surface area (TPSA) is 83.6 Å². The predicted octanol–water partition coefficient (Wildman–Crippen LogP) is 1.42. The number of rotatable bonds is 5. The van der Waals surface area contributed by atoms with E-state index in [4.69, 9.17) is 10.8 Å². The number of carbonyl (C=O) groups excluding carboxylic acids is 1. The van der Waals surface area contributed by atoms with Crippen LogP contribution in [0.4, 0.5) is 0 Å². The highest BCUT2D eigenvalue weighted by Gasteiger charge is 2.34. The Balaban J connectivity index is 2.76. The van der Waals surface area contributed by atoms with Gasteiger partial charge in [0, 0.05) is 24.6 Å². The Morgan fingerprint density at radius 3 is 2.60 bits per heavy atom. The second-order valence-corrected chi connectivity index (χ2v) is 7.71. The summed E-state index contributed by atoms with van der Waals surface area (Å²) in [5, 5.41) is 8.98. The van der Waals surface area contributed by atoms with Crippen molar-refractivity contribution in [3.05, 3.63) is 0 Å². The zero-order valence-corrected chi connectivity index (χ0v) is 13.4. The summed E-state index contributed by atoms with van der Waals surface area (Å²) in [7, 11) is 0. The van der Waals surface area contributed by atoms with Crippen LogP contribution in [-0.2, 0) is 9.59 Å². The van der Waals surface area contributed by atoms with E-state index in [2.05, 4.69) is 20.8 Å². The standard InChI is InChI=1S/C14H26N2O3S/c1-14(2,3)7-10(8-15)13(19)16-4-5-20-9-11(16)6-12(17)18/h10-11H,4-9,15H2,1-3H3,(H,17,18). The van der Waals surface area contributed by atoms with E-state index < -0.39 is 5.97 Å². The van der Waals surface area contributed by atoms with Gasteiger partial charge in [-0.2, -0.15) is 11.8 Å². The van der Waals surface area contributed by atoms with Crippen molar-refractivity contribution >= 4 is 23.6 Å². The molecule has 0 spiro atoms. The van der Waals surface area contributed by atoms with Gasteiger partial charge in [0.2, 0.25) is 5.91 Å². The minimum atomic E-state index is -0.851. The van der Waals surface area contributed by atoms with Crippen LogP contribution in [0.1, 0.15) is 33.6 Å². The molecule has 116 valence electrons. The highest BCUT2D eigenvalue weighted by molar-refractivity contribution is 7.99. The third kappa shape index (κ3) is 5.32. The molecule has 1 saturated heterocycles. The number of thioether (sulfide) groups is 1. The van der Waals surface area contributed by atoms with E-state index in [1.54, 1.807) is 16.7 Å². The number of carboxylic acid groups (broad SMARTS) is 1. The van der Waals surface area contributed by atoms with Gasteiger partial charge in [0.05, 0.1) is 18.4 Å². The molecule has 1 amide bonds. The Hall–Kier alpha value is -0.750. The van der Waals surface area contributed by atoms with E-state index in [1.165, 1.54) is 0 Å². The summed E-state index contributed by atoms with van der Waals surface area (Å²) >= 11 is 1.71. The molecule has 3 N–H and O–H groups in total. The zero-order chi connectivity index (χ0) is 15.3. The first-order chi connectivity index (χ1) is 9.24. The Morgan fingerprint density at radius 2 is 2.10 bits per heavy atom. The van der Waals surface area contributed by atoms with Crippen molar-refractivity contribution in [2.45, 2.75) is 39.7 Å². The smallest absolute Gasteiger partial charge is 0.305 e. The molecular formula is C14H26N2O3S. The number of hydrogen-bond donors (Lipinski definition) is 2. The Bertz CT molecular complexity index is 355. The van der Waals surface area contributed by atoms with Crippen LogP contribution < -0.4 is 5.73 Å². The first-order valence-corrected chi connectivity index (χ1v) is 8.20. The van der Waals surface area contributed by atoms with E-state index in [9.17, 15) is 9.59 Å². The Labute approximate surface area is 125 Å². The lowest BCUT2D eigenvalue weighted by molar-refractivity contribution is -0.142. The number of carboxylic acids is 1. The Morgan fingerprint density at radius 1 is 1.45 bits per heavy atom. The summed E-state index contributed by atoms with van der Waals surface area (Å²) in [6.45, 7) is 7.21. The van der Waals surface area contributed by atoms with Crippen LogP contribution in [0, 0.1) is 11.3 Å². The molecule has 0 aromatic rings. The van der Waals surface area contributed by atoms with Crippen LogP contribution in [0.3, 0.4) is 0 Å². The molecule has 1 aliphatic heterocycles. The molecule has 2 unspecified atom stereocenters. The minimum Gasteiger partial charge on any atom is -0.481 e. The second-order valence-electron chi connectivity index (χ2n) is 6.56. The van der Waals surface area contributed by atoms with E-state index in [1.807, 2.05) is 0 Å². The van der Waals surface area contributed by atoms with E-state index in [-0.39, 0.29) is 29.7 Å². The van der Waals surface area contributed by atoms with Crippen LogP contribution in [0.25, 0.3) is 0 Å². The van der Waals surface area contributed by atoms with Crippen LogP contribution in [0.2, 0.25) is 0 Å². The molecule has 0 bridgehead atoms. The van der Waals surface area contributed by atoms with Gasteiger partial charge in [-0.05, 0) is 11.8 Å². The maximum atomic E-state index is 12.6. The van der Waals surface area contributed by atoms with Gasteiger partial charge >= 0.3 is 5.97 Å². The molecule has 1 fully saturated rings. The first kappa shape index (κ1) is 17.3. The summed E-state index contributed by atoms with van der Waals surface area (Å²) in [5.74, 6) is 0.526. The largest absolute Gasteiger partial charge is 0.481 e. The summed E-state index contributed by atoms with van der Waals surface area (Å²) in [4.78, 5) is 25.3. The van der Waals surface area contributed by atoms with Gasteiger partial charge in [-0.15, -0.1) is 0 Å². The van der Waals surface area contributed by atoms with Gasteiger partial charge in [0.25, 0.3) is 0 Å². The van der Waals surface area contributed by atoms with Gasteiger partial charge in [-0.3, -0.25) is 9.59 Å². The van der Waals surface area contributed by atoms with Gasteiger partial charge < -0.3 is 15.7 Å². The van der Waals surface area contributed by atoms with Crippen molar-refractivity contribution in [2.75, 3.05) is 24.6 Å². The normalized spacial score (nSPS) is 21.6. The highest BCUT2D eigenvalue weighted by Crippen LogP contribution is 2.27. The van der Waals surface area contributed by atoms with Gasteiger partial charge in [-0.25, -0.2) is 0 Å². The average molecular weight is 302 g/mol. The monoisotopic (exact) mass is 302 g/mol. The molecule has 1 aliphatic rings. The van der Waals surface area contributed by atoms with Gasteiger partial charge in [-0.1, -0.05) is 20.8 Å². The first-order valence-electron chi connectivity index (χ1n) is 7.04. The van der Waals surface area contributed by atoms with Crippen LogP contribution in [0.5, 0.6) is 0 Å². The lowest BCUT2D eigenvalue weighted by Crippen LogP contribution is -2.51. The number of nitrogens with two attached hydrogens (primary N) is 1. The van der Waals surface area contributed by atoms with Crippen LogP contribution in [-0.4, -0.2) is 52.5 Å². The fourth-order valence-corrected chi connectivity index (χ4v) is 3.62. The second kappa shape index (κ2) is 7.31. The highest BCUT2D eigenvalue weighted by atomic mass is 32.2. The lowest BCUT2D eigenvalue weighted by atomic mass is 9.84. The summed E-state index contributed by atoms with van der Waals surface area (Å²) < 4.78 is 0. The van der Waals surface area contributed by atoms with Crippen molar-refractivity contribution in [1.29, 1.82) is 0 Å². The zero-order valence-electron chi connectivity index (χ0n) is 12.6. The van der Waals surface area contributed by atoms with Crippen molar-refractivity contribution in [2.24, 2.45) is 17.1 Å². The number of hydrogen-bond acceptors (Lipinski definition) is 4. The molecular weight excluding hydrogens is 276 g/mol. The molecule has 0 aromatic heterocycles. The van der Waals surface area contributed by atoms with E-state index in [0.29, 0.717) is 18.8 Å². The van der Waals surface area contributed by atoms with Gasteiger partial charge in [0.1, 0.15) is 0 Å². The van der Waals surface area contributed by atoms with Crippen molar-refractivity contribution in [3.8, 4) is 0 Å². The maximum Gasteiger partial charge on any atom is 0.305 e. The number of aliphatic carboxylic acids is 1. The van der Waals surface area contributed by atoms with Crippen molar-refractivity contribution < 1.29 is 14.7 Å². The third-order valence-electron chi connectivity index (χ3n) is 3.41. The molecule has 1 rings (SSSR count). The lowest BCUT2D eigenvalue weighted by Gasteiger charge is -2.38. The Kier molecular flexibility index (Phi) is 6.33. The SMILES string of the molecule is CC(C)(C)CC(CN)C(=O)N1CCSCC1CC(=O)O. The molecule has 0 radical (unpaired) electrons. The molecule has 5 nitrogen and oxygen atoms in total. The molecule has 2 atom stereocenters. The van der Waals surface area contributed by atoms with Crippen LogP contribution >= 0.6 is 11.8 Å². The maximum absolute atomic E-state index is 12.6. The minimum absolute atomic E-state index is 0.0194.